The number of nitrogens with one attached hydrogen (secondary N) is 2. The summed E-state index contributed by atoms with van der Waals surface area (Å²) in [4.78, 5) is 22.7. The van der Waals surface area contributed by atoms with Crippen LogP contribution in [0.2, 0.25) is 0 Å². The van der Waals surface area contributed by atoms with E-state index < -0.39 is 11.9 Å². The fourth-order valence-corrected chi connectivity index (χ4v) is 1.77. The number of amides is 2. The average molecular weight is 236 g/mol. The second kappa shape index (κ2) is 4.53. The normalized spacial score (nSPS) is 18.9. The number of carbonyl (C=O) groups excluding carboxylic acids is 2. The number of hydrogen-bond donors (Lipinski definition) is 2. The standard InChI is InChI=1S/C12H13FN2O2/c1-7-2-3-8(13)10(6-7)15-12(17)9-4-5-11(16)14-9/h2-3,6,9H,4-5H2,1H3,(H,14,16)(H,15,17). The molecule has 90 valence electrons. The Morgan fingerprint density at radius 1 is 1.53 bits per heavy atom. The van der Waals surface area contributed by atoms with Crippen LogP contribution < -0.4 is 10.6 Å². The first-order valence-corrected chi connectivity index (χ1v) is 5.42. The largest absolute Gasteiger partial charge is 0.344 e. The predicted molar refractivity (Wildman–Crippen MR) is 60.9 cm³/mol. The van der Waals surface area contributed by atoms with Gasteiger partial charge < -0.3 is 10.6 Å². The van der Waals surface area contributed by atoms with E-state index in [1.807, 2.05) is 6.92 Å². The maximum Gasteiger partial charge on any atom is 0.247 e. The Labute approximate surface area is 98.2 Å². The van der Waals surface area contributed by atoms with Crippen molar-refractivity contribution in [2.24, 2.45) is 0 Å². The highest BCUT2D eigenvalue weighted by Gasteiger charge is 2.27. The van der Waals surface area contributed by atoms with Gasteiger partial charge in [0.15, 0.2) is 0 Å². The number of halogens is 1. The third-order valence-corrected chi connectivity index (χ3v) is 2.69. The van der Waals surface area contributed by atoms with E-state index in [-0.39, 0.29) is 17.5 Å². The van der Waals surface area contributed by atoms with Gasteiger partial charge in [-0.3, -0.25) is 9.59 Å². The molecule has 0 aromatic heterocycles. The van der Waals surface area contributed by atoms with Gasteiger partial charge in [-0.15, -0.1) is 0 Å². The number of rotatable bonds is 2. The van der Waals surface area contributed by atoms with Gasteiger partial charge in [0.1, 0.15) is 11.9 Å². The van der Waals surface area contributed by atoms with Crippen LogP contribution in [0.4, 0.5) is 10.1 Å². The van der Waals surface area contributed by atoms with Crippen LogP contribution in [0, 0.1) is 12.7 Å². The highest BCUT2D eigenvalue weighted by molar-refractivity contribution is 5.99. The maximum absolute atomic E-state index is 13.4. The van der Waals surface area contributed by atoms with Gasteiger partial charge in [-0.05, 0) is 31.0 Å². The van der Waals surface area contributed by atoms with E-state index in [0.29, 0.717) is 12.8 Å². The van der Waals surface area contributed by atoms with Crippen LogP contribution in [-0.4, -0.2) is 17.9 Å². The Kier molecular flexibility index (Phi) is 3.08. The fourth-order valence-electron chi connectivity index (χ4n) is 1.77. The summed E-state index contributed by atoms with van der Waals surface area (Å²) in [5, 5.41) is 5.02. The van der Waals surface area contributed by atoms with Crippen LogP contribution in [-0.2, 0) is 9.59 Å². The summed E-state index contributed by atoms with van der Waals surface area (Å²) in [6.45, 7) is 1.81. The minimum atomic E-state index is -0.553. The monoisotopic (exact) mass is 236 g/mol. The molecule has 17 heavy (non-hydrogen) atoms. The number of anilines is 1. The molecule has 1 aromatic rings. The van der Waals surface area contributed by atoms with Gasteiger partial charge in [0, 0.05) is 6.42 Å². The molecule has 0 bridgehead atoms. The predicted octanol–water partition coefficient (Wildman–Crippen LogP) is 1.35. The molecule has 1 unspecified atom stereocenters. The third kappa shape index (κ3) is 2.61. The van der Waals surface area contributed by atoms with Gasteiger partial charge in [0.25, 0.3) is 0 Å². The van der Waals surface area contributed by atoms with Crippen LogP contribution in [0.5, 0.6) is 0 Å². The number of benzene rings is 1. The van der Waals surface area contributed by atoms with E-state index in [2.05, 4.69) is 10.6 Å². The van der Waals surface area contributed by atoms with Crippen molar-refractivity contribution >= 4 is 17.5 Å². The van der Waals surface area contributed by atoms with E-state index >= 15 is 0 Å². The van der Waals surface area contributed by atoms with Crippen molar-refractivity contribution in [2.75, 3.05) is 5.32 Å². The van der Waals surface area contributed by atoms with E-state index in [9.17, 15) is 14.0 Å². The van der Waals surface area contributed by atoms with Crippen LogP contribution in [0.15, 0.2) is 18.2 Å². The molecule has 1 aliphatic rings. The van der Waals surface area contributed by atoms with E-state index in [1.165, 1.54) is 6.07 Å². The molecular weight excluding hydrogens is 223 g/mol. The lowest BCUT2D eigenvalue weighted by molar-refractivity contribution is -0.122. The molecule has 0 radical (unpaired) electrons. The zero-order valence-corrected chi connectivity index (χ0v) is 9.42. The van der Waals surface area contributed by atoms with Gasteiger partial charge in [0.05, 0.1) is 5.69 Å². The number of aryl methyl sites for hydroxylation is 1. The number of carbonyl (C=O) groups is 2. The molecule has 1 aromatic carbocycles. The molecule has 2 N–H and O–H groups in total. The van der Waals surface area contributed by atoms with Crippen molar-refractivity contribution in [3.63, 3.8) is 0 Å². The summed E-state index contributed by atoms with van der Waals surface area (Å²) in [5.41, 5.74) is 1.01. The zero-order valence-electron chi connectivity index (χ0n) is 9.42. The molecule has 2 amide bonds. The molecule has 0 spiro atoms. The van der Waals surface area contributed by atoms with Crippen molar-refractivity contribution in [2.45, 2.75) is 25.8 Å². The highest BCUT2D eigenvalue weighted by atomic mass is 19.1. The highest BCUT2D eigenvalue weighted by Crippen LogP contribution is 2.17. The molecule has 1 fully saturated rings. The average Bonchev–Trinajstić information content (AvgIpc) is 2.70. The summed E-state index contributed by atoms with van der Waals surface area (Å²) in [7, 11) is 0. The second-order valence-electron chi connectivity index (χ2n) is 4.13. The molecule has 1 aliphatic heterocycles. The molecular formula is C12H13FN2O2. The van der Waals surface area contributed by atoms with Crippen molar-refractivity contribution in [3.8, 4) is 0 Å². The van der Waals surface area contributed by atoms with E-state index in [0.717, 1.165) is 5.56 Å². The molecule has 1 saturated heterocycles. The van der Waals surface area contributed by atoms with Crippen molar-refractivity contribution in [3.05, 3.63) is 29.6 Å². The lowest BCUT2D eigenvalue weighted by Gasteiger charge is -2.11. The molecule has 1 atom stereocenters. The first kappa shape index (κ1) is 11.6. The minimum Gasteiger partial charge on any atom is -0.344 e. The molecule has 2 rings (SSSR count). The molecule has 4 nitrogen and oxygen atoms in total. The Bertz CT molecular complexity index is 474. The van der Waals surface area contributed by atoms with Crippen LogP contribution >= 0.6 is 0 Å². The first-order chi connectivity index (χ1) is 8.06. The van der Waals surface area contributed by atoms with E-state index in [1.54, 1.807) is 12.1 Å². The Morgan fingerprint density at radius 3 is 2.94 bits per heavy atom. The summed E-state index contributed by atoms with van der Waals surface area (Å²) in [5.74, 6) is -0.997. The van der Waals surface area contributed by atoms with Gasteiger partial charge in [-0.1, -0.05) is 6.07 Å². The van der Waals surface area contributed by atoms with Crippen LogP contribution in [0.25, 0.3) is 0 Å². The lowest BCUT2D eigenvalue weighted by atomic mass is 10.2. The molecule has 0 aliphatic carbocycles. The lowest BCUT2D eigenvalue weighted by Crippen LogP contribution is -2.37. The second-order valence-corrected chi connectivity index (χ2v) is 4.13. The van der Waals surface area contributed by atoms with Crippen LogP contribution in [0.1, 0.15) is 18.4 Å². The molecule has 0 saturated carbocycles. The van der Waals surface area contributed by atoms with Crippen molar-refractivity contribution in [1.82, 2.24) is 5.32 Å². The maximum atomic E-state index is 13.4. The fraction of sp³-hybridized carbons (Fsp3) is 0.333. The minimum absolute atomic E-state index is 0.144. The topological polar surface area (TPSA) is 58.2 Å². The van der Waals surface area contributed by atoms with Gasteiger partial charge in [-0.2, -0.15) is 0 Å². The molecule has 5 heteroatoms. The van der Waals surface area contributed by atoms with Gasteiger partial charge in [-0.25, -0.2) is 4.39 Å². The Morgan fingerprint density at radius 2 is 2.29 bits per heavy atom. The summed E-state index contributed by atoms with van der Waals surface area (Å²) in [6.07, 6.45) is 0.798. The first-order valence-electron chi connectivity index (χ1n) is 5.42. The smallest absolute Gasteiger partial charge is 0.247 e. The van der Waals surface area contributed by atoms with Crippen molar-refractivity contribution in [1.29, 1.82) is 0 Å². The van der Waals surface area contributed by atoms with Gasteiger partial charge >= 0.3 is 0 Å². The zero-order chi connectivity index (χ0) is 12.4. The Hall–Kier alpha value is -1.91. The van der Waals surface area contributed by atoms with E-state index in [4.69, 9.17) is 0 Å². The third-order valence-electron chi connectivity index (χ3n) is 2.69. The van der Waals surface area contributed by atoms with Gasteiger partial charge in [0.2, 0.25) is 11.8 Å². The summed E-state index contributed by atoms with van der Waals surface area (Å²) >= 11 is 0. The van der Waals surface area contributed by atoms with Crippen molar-refractivity contribution < 1.29 is 14.0 Å². The quantitative estimate of drug-likeness (QED) is 0.814. The molecule has 1 heterocycles. The Balaban J connectivity index is 2.07. The summed E-state index contributed by atoms with van der Waals surface area (Å²) in [6, 6.07) is 3.94. The van der Waals surface area contributed by atoms with Crippen LogP contribution in [0.3, 0.4) is 0 Å². The number of hydrogen-bond acceptors (Lipinski definition) is 2. The SMILES string of the molecule is Cc1ccc(F)c(NC(=O)C2CCC(=O)N2)c1. The summed E-state index contributed by atoms with van der Waals surface area (Å²) < 4.78 is 13.4.